The van der Waals surface area contributed by atoms with E-state index < -0.39 is 50.9 Å². The van der Waals surface area contributed by atoms with Crippen LogP contribution in [0.4, 0.5) is 14.6 Å². The number of phenols is 1. The van der Waals surface area contributed by atoms with Crippen LogP contribution in [0, 0.1) is 5.82 Å². The molecule has 2 aromatic heterocycles. The van der Waals surface area contributed by atoms with Crippen molar-refractivity contribution >= 4 is 44.2 Å². The molecule has 2 fully saturated rings. The van der Waals surface area contributed by atoms with Gasteiger partial charge in [-0.3, -0.25) is 4.79 Å². The second kappa shape index (κ2) is 12.0. The van der Waals surface area contributed by atoms with Crippen molar-refractivity contribution in [2.24, 2.45) is 0 Å². The summed E-state index contributed by atoms with van der Waals surface area (Å²) in [5.74, 6) is -3.05. The standard InChI is InChI=1S/C33H32ClF2N5O5S/c1-17-16-40(32(43)19(3)35)18(2)15-39(17)30-22-14-23(34)28(27-24(36)11-7-12-25(27)42)37-31(22)41(33(44)38-30)29-21(20-8-5-9-20)10-6-13-26(29)47(4,45)46/h6-7,10-14,17-18,20,42H,3,5,8-9,15-16H2,1-2,4H3/t17-,18+/m0/s1. The molecule has 2 aromatic carbocycles. The van der Waals surface area contributed by atoms with Crippen molar-refractivity contribution < 1.29 is 27.1 Å². The number of hydrogen-bond acceptors (Lipinski definition) is 8. The van der Waals surface area contributed by atoms with E-state index in [1.54, 1.807) is 30.9 Å². The molecule has 1 aliphatic carbocycles. The molecule has 0 radical (unpaired) electrons. The fourth-order valence-electron chi connectivity index (χ4n) is 6.44. The second-order valence-corrected chi connectivity index (χ2v) is 14.6. The van der Waals surface area contributed by atoms with Gasteiger partial charge < -0.3 is 14.9 Å². The van der Waals surface area contributed by atoms with E-state index >= 15 is 4.39 Å². The number of amides is 1. The number of anilines is 1. The number of carbonyl (C=O) groups excluding carboxylic acids is 1. The fraction of sp³-hybridized carbons (Fsp3) is 0.333. The normalized spacial score (nSPS) is 18.8. The van der Waals surface area contributed by atoms with Crippen molar-refractivity contribution in [1.82, 2.24) is 19.4 Å². The van der Waals surface area contributed by atoms with E-state index in [1.807, 2.05) is 0 Å². The van der Waals surface area contributed by atoms with Crippen LogP contribution in [0.25, 0.3) is 28.0 Å². The van der Waals surface area contributed by atoms with Crippen LogP contribution in [0.15, 0.2) is 64.6 Å². The number of hydrogen-bond donors (Lipinski definition) is 1. The molecule has 1 N–H and O–H groups in total. The van der Waals surface area contributed by atoms with E-state index in [2.05, 4.69) is 16.5 Å². The number of halogens is 3. The first-order valence-corrected chi connectivity index (χ1v) is 17.3. The number of piperazine rings is 1. The smallest absolute Gasteiger partial charge is 0.355 e. The minimum absolute atomic E-state index is 0.0209. The number of nitrogens with zero attached hydrogens (tertiary/aromatic N) is 5. The largest absolute Gasteiger partial charge is 0.507 e. The summed E-state index contributed by atoms with van der Waals surface area (Å²) in [5.41, 5.74) is -0.643. The van der Waals surface area contributed by atoms with Crippen molar-refractivity contribution in [2.75, 3.05) is 24.2 Å². The number of fused-ring (bicyclic) bond motifs is 1. The van der Waals surface area contributed by atoms with Crippen molar-refractivity contribution in [3.8, 4) is 22.7 Å². The molecule has 0 bridgehead atoms. The molecule has 1 saturated carbocycles. The van der Waals surface area contributed by atoms with Gasteiger partial charge in [0.1, 0.15) is 17.4 Å². The van der Waals surface area contributed by atoms with Gasteiger partial charge in [0, 0.05) is 31.4 Å². The number of sulfone groups is 1. The predicted molar refractivity (Wildman–Crippen MR) is 175 cm³/mol. The van der Waals surface area contributed by atoms with Crippen LogP contribution in [0.2, 0.25) is 5.02 Å². The number of aromatic hydroxyl groups is 1. The van der Waals surface area contributed by atoms with Gasteiger partial charge in [-0.2, -0.15) is 4.98 Å². The molecule has 0 spiro atoms. The van der Waals surface area contributed by atoms with Crippen LogP contribution in [-0.4, -0.2) is 70.3 Å². The maximum atomic E-state index is 15.2. The molecule has 1 amide bonds. The summed E-state index contributed by atoms with van der Waals surface area (Å²) < 4.78 is 56.5. The number of rotatable bonds is 6. The van der Waals surface area contributed by atoms with Crippen molar-refractivity contribution in [1.29, 1.82) is 0 Å². The highest BCUT2D eigenvalue weighted by Crippen LogP contribution is 2.43. The van der Waals surface area contributed by atoms with Gasteiger partial charge in [-0.15, -0.1) is 0 Å². The molecule has 1 aliphatic heterocycles. The highest BCUT2D eigenvalue weighted by Gasteiger charge is 2.36. The Labute approximate surface area is 274 Å². The minimum Gasteiger partial charge on any atom is -0.507 e. The summed E-state index contributed by atoms with van der Waals surface area (Å²) in [7, 11) is -3.89. The Morgan fingerprint density at radius 1 is 1.09 bits per heavy atom. The number of para-hydroxylation sites is 1. The first kappa shape index (κ1) is 32.6. The molecule has 4 aromatic rings. The van der Waals surface area contributed by atoms with Gasteiger partial charge in [0.15, 0.2) is 21.3 Å². The van der Waals surface area contributed by atoms with Crippen molar-refractivity contribution in [3.05, 3.63) is 81.8 Å². The molecule has 2 atom stereocenters. The maximum absolute atomic E-state index is 15.2. The molecule has 6 rings (SSSR count). The lowest BCUT2D eigenvalue weighted by Crippen LogP contribution is -2.58. The quantitative estimate of drug-likeness (QED) is 0.263. The number of aromatic nitrogens is 3. The van der Waals surface area contributed by atoms with Crippen LogP contribution < -0.4 is 10.6 Å². The lowest BCUT2D eigenvalue weighted by molar-refractivity contribution is -0.131. The Bertz CT molecular complexity index is 2120. The summed E-state index contributed by atoms with van der Waals surface area (Å²) in [6.07, 6.45) is 3.56. The van der Waals surface area contributed by atoms with Crippen LogP contribution in [-0.2, 0) is 14.6 Å². The van der Waals surface area contributed by atoms with Gasteiger partial charge in [-0.1, -0.05) is 42.8 Å². The minimum atomic E-state index is -3.89. The van der Waals surface area contributed by atoms with Gasteiger partial charge in [0.05, 0.1) is 32.2 Å². The average molecular weight is 684 g/mol. The molecule has 47 heavy (non-hydrogen) atoms. The van der Waals surface area contributed by atoms with Crippen LogP contribution in [0.3, 0.4) is 0 Å². The summed E-state index contributed by atoms with van der Waals surface area (Å²) in [5, 5.41) is 10.8. The Balaban J connectivity index is 1.68. The van der Waals surface area contributed by atoms with Crippen LogP contribution >= 0.6 is 11.6 Å². The lowest BCUT2D eigenvalue weighted by Gasteiger charge is -2.44. The number of carbonyl (C=O) groups is 1. The van der Waals surface area contributed by atoms with E-state index in [4.69, 9.17) is 11.6 Å². The molecule has 246 valence electrons. The first-order chi connectivity index (χ1) is 22.2. The van der Waals surface area contributed by atoms with Gasteiger partial charge in [0.2, 0.25) is 0 Å². The van der Waals surface area contributed by atoms with E-state index in [0.717, 1.165) is 36.2 Å². The Kier molecular flexibility index (Phi) is 8.33. The summed E-state index contributed by atoms with van der Waals surface area (Å²) >= 11 is 6.74. The molecule has 2 aliphatic rings. The van der Waals surface area contributed by atoms with E-state index in [9.17, 15) is 27.5 Å². The Morgan fingerprint density at radius 3 is 2.40 bits per heavy atom. The second-order valence-electron chi connectivity index (χ2n) is 12.2. The number of pyridine rings is 1. The van der Waals surface area contributed by atoms with Crippen LogP contribution in [0.5, 0.6) is 5.75 Å². The topological polar surface area (TPSA) is 126 Å². The van der Waals surface area contributed by atoms with Gasteiger partial charge in [0.25, 0.3) is 5.91 Å². The Hall–Kier alpha value is -4.36. The number of benzene rings is 2. The van der Waals surface area contributed by atoms with Gasteiger partial charge in [-0.25, -0.2) is 31.5 Å². The molecular weight excluding hydrogens is 652 g/mol. The van der Waals surface area contributed by atoms with E-state index in [0.29, 0.717) is 5.56 Å². The van der Waals surface area contributed by atoms with E-state index in [1.165, 1.54) is 29.2 Å². The fourth-order valence-corrected chi connectivity index (χ4v) is 7.57. The predicted octanol–water partition coefficient (Wildman–Crippen LogP) is 5.53. The summed E-state index contributed by atoms with van der Waals surface area (Å²) in [6, 6.07) is 9.01. The van der Waals surface area contributed by atoms with E-state index in [-0.39, 0.29) is 62.7 Å². The highest BCUT2D eigenvalue weighted by molar-refractivity contribution is 7.90. The van der Waals surface area contributed by atoms with Crippen LogP contribution in [0.1, 0.15) is 44.6 Å². The monoisotopic (exact) mass is 683 g/mol. The summed E-state index contributed by atoms with van der Waals surface area (Å²) in [6.45, 7) is 6.86. The zero-order valence-electron chi connectivity index (χ0n) is 25.9. The average Bonchev–Trinajstić information content (AvgIpc) is 2.96. The zero-order chi connectivity index (χ0) is 33.9. The maximum Gasteiger partial charge on any atom is 0.355 e. The third-order valence-corrected chi connectivity index (χ3v) is 10.4. The van der Waals surface area contributed by atoms with Crippen molar-refractivity contribution in [3.63, 3.8) is 0 Å². The third kappa shape index (κ3) is 5.65. The molecule has 10 nitrogen and oxygen atoms in total. The lowest BCUT2D eigenvalue weighted by atomic mass is 9.79. The van der Waals surface area contributed by atoms with Gasteiger partial charge in [-0.05, 0) is 62.4 Å². The SMILES string of the molecule is C=C(F)C(=O)N1C[C@H](C)N(c2nc(=O)n(-c3c(C4CCC4)cccc3S(C)(=O)=O)c3nc(-c4c(O)cccc4F)c(Cl)cc23)C[C@H]1C. The van der Waals surface area contributed by atoms with Crippen molar-refractivity contribution in [2.45, 2.75) is 56.0 Å². The molecule has 14 heteroatoms. The third-order valence-electron chi connectivity index (χ3n) is 8.98. The molecular formula is C33H32ClF2N5O5S. The Morgan fingerprint density at radius 2 is 1.79 bits per heavy atom. The summed E-state index contributed by atoms with van der Waals surface area (Å²) in [4.78, 5) is 38.9. The first-order valence-electron chi connectivity index (χ1n) is 15.1. The van der Waals surface area contributed by atoms with Gasteiger partial charge >= 0.3 is 5.69 Å². The molecule has 3 heterocycles. The number of phenolic OH excluding ortho intramolecular Hbond substituents is 1. The molecule has 1 saturated heterocycles. The zero-order valence-corrected chi connectivity index (χ0v) is 27.4. The highest BCUT2D eigenvalue weighted by atomic mass is 35.5. The molecule has 0 unspecified atom stereocenters.